The third kappa shape index (κ3) is 5.68. The highest BCUT2D eigenvalue weighted by Crippen LogP contribution is 2.27. The number of carbonyl (C=O) groups is 3. The molecule has 0 radical (unpaired) electrons. The number of anilines is 1. The Bertz CT molecular complexity index is 834. The summed E-state index contributed by atoms with van der Waals surface area (Å²) in [5, 5.41) is 4.42. The molecule has 0 saturated carbocycles. The molecule has 0 aliphatic heterocycles. The molecule has 2 aromatic rings. The minimum absolute atomic E-state index is 0.0111. The van der Waals surface area contributed by atoms with E-state index < -0.39 is 24.5 Å². The molecule has 27 heavy (non-hydrogen) atoms. The fourth-order valence-corrected chi connectivity index (χ4v) is 2.73. The summed E-state index contributed by atoms with van der Waals surface area (Å²) in [5.74, 6) is -0.822. The van der Waals surface area contributed by atoms with E-state index in [1.165, 1.54) is 33.5 Å². The average molecular weight is 394 g/mol. The van der Waals surface area contributed by atoms with E-state index in [4.69, 9.17) is 14.2 Å². The summed E-state index contributed by atoms with van der Waals surface area (Å²) >= 11 is 1.15. The standard InChI is InChI=1S/C17H18N2O7S/c1-23-12-5-4-10(6-13(12)24-2)16(22)26-8-14(20)19-17-18-11(9-27-17)7-15(21)25-3/h4-6,9H,7-8H2,1-3H3,(H,18,19,20). The molecular weight excluding hydrogens is 376 g/mol. The summed E-state index contributed by atoms with van der Waals surface area (Å²) in [6.45, 7) is -0.487. The van der Waals surface area contributed by atoms with Gasteiger partial charge in [-0.2, -0.15) is 0 Å². The fraction of sp³-hybridized carbons (Fsp3) is 0.294. The zero-order valence-corrected chi connectivity index (χ0v) is 15.8. The lowest BCUT2D eigenvalue weighted by Gasteiger charge is -2.09. The van der Waals surface area contributed by atoms with E-state index in [1.54, 1.807) is 11.4 Å². The molecule has 0 aliphatic rings. The van der Waals surface area contributed by atoms with E-state index in [-0.39, 0.29) is 12.0 Å². The summed E-state index contributed by atoms with van der Waals surface area (Å²) < 4.78 is 19.7. The zero-order chi connectivity index (χ0) is 19.8. The maximum absolute atomic E-state index is 12.1. The summed E-state index contributed by atoms with van der Waals surface area (Å²) in [6.07, 6.45) is 0.0111. The van der Waals surface area contributed by atoms with Crippen molar-refractivity contribution in [2.24, 2.45) is 0 Å². The van der Waals surface area contributed by atoms with Crippen molar-refractivity contribution in [2.75, 3.05) is 33.3 Å². The molecule has 1 aromatic carbocycles. The summed E-state index contributed by atoms with van der Waals surface area (Å²) in [6, 6.07) is 4.52. The van der Waals surface area contributed by atoms with Gasteiger partial charge in [-0.25, -0.2) is 9.78 Å². The Labute approximate surface area is 159 Å². The number of thiazole rings is 1. The minimum Gasteiger partial charge on any atom is -0.493 e. The quantitative estimate of drug-likeness (QED) is 0.673. The van der Waals surface area contributed by atoms with E-state index in [2.05, 4.69) is 15.0 Å². The van der Waals surface area contributed by atoms with Crippen molar-refractivity contribution in [1.29, 1.82) is 0 Å². The van der Waals surface area contributed by atoms with Gasteiger partial charge in [-0.1, -0.05) is 0 Å². The first-order valence-corrected chi connectivity index (χ1v) is 8.55. The van der Waals surface area contributed by atoms with Crippen molar-refractivity contribution in [3.05, 3.63) is 34.8 Å². The van der Waals surface area contributed by atoms with Crippen LogP contribution < -0.4 is 14.8 Å². The number of hydrogen-bond acceptors (Lipinski definition) is 9. The van der Waals surface area contributed by atoms with Gasteiger partial charge in [-0.3, -0.25) is 14.9 Å². The molecular formula is C17H18N2O7S. The Kier molecular flexibility index (Phi) is 7.12. The van der Waals surface area contributed by atoms with Crippen molar-refractivity contribution in [3.63, 3.8) is 0 Å². The third-order valence-electron chi connectivity index (χ3n) is 3.30. The molecule has 0 unspecified atom stereocenters. The Morgan fingerprint density at radius 2 is 1.85 bits per heavy atom. The lowest BCUT2D eigenvalue weighted by atomic mass is 10.2. The van der Waals surface area contributed by atoms with Crippen molar-refractivity contribution in [2.45, 2.75) is 6.42 Å². The van der Waals surface area contributed by atoms with Gasteiger partial charge in [0.25, 0.3) is 5.91 Å². The second-order valence-corrected chi connectivity index (χ2v) is 5.95. The molecule has 2 rings (SSSR count). The maximum atomic E-state index is 12.1. The Morgan fingerprint density at radius 1 is 1.11 bits per heavy atom. The highest BCUT2D eigenvalue weighted by atomic mass is 32.1. The number of methoxy groups -OCH3 is 3. The van der Waals surface area contributed by atoms with Gasteiger partial charge in [0.15, 0.2) is 23.2 Å². The van der Waals surface area contributed by atoms with Crippen molar-refractivity contribution < 1.29 is 33.3 Å². The Morgan fingerprint density at radius 3 is 2.52 bits per heavy atom. The highest BCUT2D eigenvalue weighted by Gasteiger charge is 2.15. The zero-order valence-electron chi connectivity index (χ0n) is 14.9. The second kappa shape index (κ2) is 9.53. The third-order valence-corrected chi connectivity index (χ3v) is 4.11. The SMILES string of the molecule is COC(=O)Cc1csc(NC(=O)COC(=O)c2ccc(OC)c(OC)c2)n1. The van der Waals surface area contributed by atoms with Crippen LogP contribution in [-0.4, -0.2) is 50.8 Å². The van der Waals surface area contributed by atoms with Gasteiger partial charge >= 0.3 is 11.9 Å². The summed E-state index contributed by atoms with van der Waals surface area (Å²) in [7, 11) is 4.21. The van der Waals surface area contributed by atoms with Crippen LogP contribution in [0.4, 0.5) is 5.13 Å². The lowest BCUT2D eigenvalue weighted by molar-refractivity contribution is -0.139. The molecule has 1 heterocycles. The predicted molar refractivity (Wildman–Crippen MR) is 96.3 cm³/mol. The van der Waals surface area contributed by atoms with Crippen molar-refractivity contribution >= 4 is 34.3 Å². The number of rotatable bonds is 8. The number of benzene rings is 1. The molecule has 0 bridgehead atoms. The first-order chi connectivity index (χ1) is 13.0. The Balaban J connectivity index is 1.88. The van der Waals surface area contributed by atoms with Crippen LogP contribution in [0.2, 0.25) is 0 Å². The molecule has 144 valence electrons. The van der Waals surface area contributed by atoms with Crippen LogP contribution in [0.5, 0.6) is 11.5 Å². The topological polar surface area (TPSA) is 113 Å². The summed E-state index contributed by atoms with van der Waals surface area (Å²) in [4.78, 5) is 39.2. The number of aromatic nitrogens is 1. The number of esters is 2. The van der Waals surface area contributed by atoms with E-state index in [9.17, 15) is 14.4 Å². The van der Waals surface area contributed by atoms with Gasteiger partial charge in [-0.15, -0.1) is 11.3 Å². The smallest absolute Gasteiger partial charge is 0.338 e. The van der Waals surface area contributed by atoms with Crippen LogP contribution >= 0.6 is 11.3 Å². The maximum Gasteiger partial charge on any atom is 0.338 e. The number of carbonyl (C=O) groups excluding carboxylic acids is 3. The number of ether oxygens (including phenoxy) is 4. The number of hydrogen-bond donors (Lipinski definition) is 1. The molecule has 10 heteroatoms. The van der Waals surface area contributed by atoms with Crippen LogP contribution in [0.15, 0.2) is 23.6 Å². The van der Waals surface area contributed by atoms with Crippen LogP contribution in [0, 0.1) is 0 Å². The minimum atomic E-state index is -0.684. The van der Waals surface area contributed by atoms with Crippen LogP contribution in [0.1, 0.15) is 16.1 Å². The molecule has 0 saturated heterocycles. The van der Waals surface area contributed by atoms with Gasteiger partial charge in [0.05, 0.1) is 39.0 Å². The Hall–Kier alpha value is -3.14. The molecule has 0 spiro atoms. The van der Waals surface area contributed by atoms with Gasteiger partial charge in [0.1, 0.15) is 0 Å². The molecule has 1 amide bonds. The van der Waals surface area contributed by atoms with Gasteiger partial charge in [0.2, 0.25) is 0 Å². The van der Waals surface area contributed by atoms with E-state index in [0.717, 1.165) is 11.3 Å². The number of nitrogens with zero attached hydrogens (tertiary/aromatic N) is 1. The molecule has 0 aliphatic carbocycles. The normalized spacial score (nSPS) is 10.0. The van der Waals surface area contributed by atoms with Gasteiger partial charge in [0, 0.05) is 5.38 Å². The van der Waals surface area contributed by atoms with Crippen molar-refractivity contribution in [1.82, 2.24) is 4.98 Å². The number of nitrogens with one attached hydrogen (secondary N) is 1. The highest BCUT2D eigenvalue weighted by molar-refractivity contribution is 7.13. The average Bonchev–Trinajstić information content (AvgIpc) is 3.11. The van der Waals surface area contributed by atoms with Crippen molar-refractivity contribution in [3.8, 4) is 11.5 Å². The molecule has 0 atom stereocenters. The second-order valence-electron chi connectivity index (χ2n) is 5.09. The number of amides is 1. The summed E-state index contributed by atoms with van der Waals surface area (Å²) in [5.41, 5.74) is 0.694. The van der Waals surface area contributed by atoms with Gasteiger partial charge in [-0.05, 0) is 18.2 Å². The van der Waals surface area contributed by atoms with E-state index in [0.29, 0.717) is 22.3 Å². The molecule has 0 fully saturated rings. The van der Waals surface area contributed by atoms with E-state index in [1.807, 2.05) is 0 Å². The van der Waals surface area contributed by atoms with Gasteiger partial charge < -0.3 is 18.9 Å². The predicted octanol–water partition coefficient (Wildman–Crippen LogP) is 1.67. The molecule has 1 N–H and O–H groups in total. The largest absolute Gasteiger partial charge is 0.493 e. The van der Waals surface area contributed by atoms with E-state index >= 15 is 0 Å². The van der Waals surface area contributed by atoms with Crippen LogP contribution in [-0.2, 0) is 25.5 Å². The fourth-order valence-electron chi connectivity index (χ4n) is 2.00. The monoisotopic (exact) mass is 394 g/mol. The first kappa shape index (κ1) is 20.2. The molecule has 9 nitrogen and oxygen atoms in total. The van der Waals surface area contributed by atoms with Crippen LogP contribution in [0.25, 0.3) is 0 Å². The van der Waals surface area contributed by atoms with Crippen LogP contribution in [0.3, 0.4) is 0 Å². The first-order valence-electron chi connectivity index (χ1n) is 7.67. The lowest BCUT2D eigenvalue weighted by Crippen LogP contribution is -2.21. The molecule has 1 aromatic heterocycles.